The Morgan fingerprint density at radius 1 is 1.27 bits per heavy atom. The monoisotopic (exact) mass is 345 g/mol. The van der Waals surface area contributed by atoms with Crippen molar-refractivity contribution < 1.29 is 14.6 Å². The fourth-order valence-electron chi connectivity index (χ4n) is 2.77. The fourth-order valence-corrected chi connectivity index (χ4v) is 3.23. The van der Waals surface area contributed by atoms with Crippen molar-refractivity contribution in [2.75, 3.05) is 19.8 Å². The predicted octanol–water partition coefficient (Wildman–Crippen LogP) is 3.43. The van der Waals surface area contributed by atoms with E-state index in [1.807, 2.05) is 0 Å². The van der Waals surface area contributed by atoms with Crippen LogP contribution in [0.25, 0.3) is 0 Å². The fraction of sp³-hybridized carbons (Fsp3) is 0.562. The largest absolute Gasteiger partial charge is 0.482 e. The van der Waals surface area contributed by atoms with Crippen molar-refractivity contribution >= 4 is 29.1 Å². The number of aliphatic hydroxyl groups excluding tert-OH is 1. The van der Waals surface area contributed by atoms with E-state index >= 15 is 0 Å². The number of halogens is 2. The molecule has 1 aliphatic carbocycles. The summed E-state index contributed by atoms with van der Waals surface area (Å²) >= 11 is 11.8. The maximum atomic E-state index is 11.9. The molecule has 122 valence electrons. The molecular weight excluding hydrogens is 325 g/mol. The second-order valence-corrected chi connectivity index (χ2v) is 6.70. The lowest BCUT2D eigenvalue weighted by Crippen LogP contribution is -2.42. The van der Waals surface area contributed by atoms with E-state index in [2.05, 4.69) is 5.32 Å². The van der Waals surface area contributed by atoms with Gasteiger partial charge in [0.05, 0.1) is 11.6 Å². The van der Waals surface area contributed by atoms with Gasteiger partial charge < -0.3 is 15.2 Å². The molecule has 0 saturated heterocycles. The Bertz CT molecular complexity index is 516. The molecule has 0 unspecified atom stereocenters. The third-order valence-electron chi connectivity index (χ3n) is 4.16. The Kier molecular flexibility index (Phi) is 6.36. The number of nitrogens with one attached hydrogen (secondary N) is 1. The SMILES string of the molecule is O=C(COc1ccc(Cl)cc1Cl)NCC1(CO)CCCCC1. The molecule has 0 heterocycles. The average molecular weight is 346 g/mol. The van der Waals surface area contributed by atoms with E-state index in [9.17, 15) is 9.90 Å². The molecule has 0 aromatic heterocycles. The normalized spacial score (nSPS) is 17.0. The zero-order valence-corrected chi connectivity index (χ0v) is 13.9. The number of carbonyl (C=O) groups excluding carboxylic acids is 1. The average Bonchev–Trinajstić information content (AvgIpc) is 2.53. The van der Waals surface area contributed by atoms with Crippen LogP contribution in [0, 0.1) is 5.41 Å². The van der Waals surface area contributed by atoms with Gasteiger partial charge in [-0.05, 0) is 31.0 Å². The molecule has 1 saturated carbocycles. The lowest BCUT2D eigenvalue weighted by atomic mass is 9.74. The van der Waals surface area contributed by atoms with Gasteiger partial charge in [0.2, 0.25) is 0 Å². The van der Waals surface area contributed by atoms with Crippen molar-refractivity contribution in [2.45, 2.75) is 32.1 Å². The number of aliphatic hydroxyl groups is 1. The molecule has 6 heteroatoms. The third kappa shape index (κ3) is 4.77. The number of amides is 1. The number of benzene rings is 1. The molecule has 1 amide bonds. The smallest absolute Gasteiger partial charge is 0.257 e. The van der Waals surface area contributed by atoms with Crippen LogP contribution in [-0.2, 0) is 4.79 Å². The lowest BCUT2D eigenvalue weighted by molar-refractivity contribution is -0.123. The van der Waals surface area contributed by atoms with E-state index in [1.165, 1.54) is 6.42 Å². The molecule has 0 atom stereocenters. The summed E-state index contributed by atoms with van der Waals surface area (Å²) in [5.41, 5.74) is -0.175. The van der Waals surface area contributed by atoms with Crippen LogP contribution < -0.4 is 10.1 Å². The third-order valence-corrected chi connectivity index (χ3v) is 4.69. The summed E-state index contributed by atoms with van der Waals surface area (Å²) in [6, 6.07) is 4.86. The summed E-state index contributed by atoms with van der Waals surface area (Å²) < 4.78 is 5.39. The van der Waals surface area contributed by atoms with Crippen LogP contribution in [0.2, 0.25) is 10.0 Å². The van der Waals surface area contributed by atoms with Crippen LogP contribution in [-0.4, -0.2) is 30.8 Å². The number of rotatable bonds is 6. The quantitative estimate of drug-likeness (QED) is 0.830. The number of ether oxygens (including phenoxy) is 1. The number of hydrogen-bond acceptors (Lipinski definition) is 3. The Balaban J connectivity index is 1.80. The van der Waals surface area contributed by atoms with Gasteiger partial charge in [0.1, 0.15) is 5.75 Å². The van der Waals surface area contributed by atoms with Crippen molar-refractivity contribution in [2.24, 2.45) is 5.41 Å². The number of hydrogen-bond donors (Lipinski definition) is 2. The molecule has 2 N–H and O–H groups in total. The first-order chi connectivity index (χ1) is 10.5. The highest BCUT2D eigenvalue weighted by Gasteiger charge is 2.31. The summed E-state index contributed by atoms with van der Waals surface area (Å²) in [6.45, 7) is 0.486. The lowest BCUT2D eigenvalue weighted by Gasteiger charge is -2.35. The van der Waals surface area contributed by atoms with E-state index in [0.29, 0.717) is 22.3 Å². The minimum atomic E-state index is -0.218. The highest BCUT2D eigenvalue weighted by atomic mass is 35.5. The Labute approximate surface area is 140 Å². The summed E-state index contributed by atoms with van der Waals surface area (Å²) in [7, 11) is 0. The summed E-state index contributed by atoms with van der Waals surface area (Å²) in [6.07, 6.45) is 5.32. The first kappa shape index (κ1) is 17.4. The molecule has 0 aliphatic heterocycles. The van der Waals surface area contributed by atoms with E-state index in [1.54, 1.807) is 18.2 Å². The second-order valence-electron chi connectivity index (χ2n) is 5.86. The molecule has 0 spiro atoms. The highest BCUT2D eigenvalue weighted by molar-refractivity contribution is 6.35. The molecule has 4 nitrogen and oxygen atoms in total. The molecule has 1 aromatic rings. The molecular formula is C16H21Cl2NO3. The van der Waals surface area contributed by atoms with E-state index < -0.39 is 0 Å². The molecule has 1 aliphatic rings. The predicted molar refractivity (Wildman–Crippen MR) is 87.6 cm³/mol. The minimum absolute atomic E-state index is 0.108. The van der Waals surface area contributed by atoms with Crippen LogP contribution >= 0.6 is 23.2 Å². The Morgan fingerprint density at radius 2 is 2.00 bits per heavy atom. The second kappa shape index (κ2) is 8.04. The van der Waals surface area contributed by atoms with Crippen molar-refractivity contribution in [3.05, 3.63) is 28.2 Å². The van der Waals surface area contributed by atoms with Crippen LogP contribution in [0.5, 0.6) is 5.75 Å². The Hall–Kier alpha value is -0.970. The van der Waals surface area contributed by atoms with Gasteiger partial charge in [-0.1, -0.05) is 42.5 Å². The van der Waals surface area contributed by atoms with Crippen LogP contribution in [0.4, 0.5) is 0 Å². The molecule has 0 radical (unpaired) electrons. The van der Waals surface area contributed by atoms with Gasteiger partial charge in [-0.3, -0.25) is 4.79 Å². The van der Waals surface area contributed by atoms with Gasteiger partial charge in [0.25, 0.3) is 5.91 Å². The topological polar surface area (TPSA) is 58.6 Å². The van der Waals surface area contributed by atoms with Crippen LogP contribution in [0.15, 0.2) is 18.2 Å². The van der Waals surface area contributed by atoms with Crippen molar-refractivity contribution in [3.8, 4) is 5.75 Å². The minimum Gasteiger partial charge on any atom is -0.482 e. The molecule has 0 bridgehead atoms. The van der Waals surface area contributed by atoms with E-state index in [-0.39, 0.29) is 24.5 Å². The van der Waals surface area contributed by atoms with E-state index in [0.717, 1.165) is 25.7 Å². The summed E-state index contributed by atoms with van der Waals surface area (Å²) in [5.74, 6) is 0.208. The molecule has 2 rings (SSSR count). The summed E-state index contributed by atoms with van der Waals surface area (Å²) in [4.78, 5) is 11.9. The molecule has 22 heavy (non-hydrogen) atoms. The van der Waals surface area contributed by atoms with Crippen molar-refractivity contribution in [1.82, 2.24) is 5.32 Å². The zero-order valence-electron chi connectivity index (χ0n) is 12.4. The van der Waals surface area contributed by atoms with Crippen molar-refractivity contribution in [3.63, 3.8) is 0 Å². The first-order valence-electron chi connectivity index (χ1n) is 7.50. The highest BCUT2D eigenvalue weighted by Crippen LogP contribution is 2.35. The maximum absolute atomic E-state index is 11.9. The molecule has 1 fully saturated rings. The maximum Gasteiger partial charge on any atom is 0.257 e. The van der Waals surface area contributed by atoms with Gasteiger partial charge in [0, 0.05) is 17.0 Å². The first-order valence-corrected chi connectivity index (χ1v) is 8.26. The van der Waals surface area contributed by atoms with Crippen LogP contribution in [0.1, 0.15) is 32.1 Å². The zero-order chi connectivity index (χ0) is 16.0. The molecule has 1 aromatic carbocycles. The standard InChI is InChI=1S/C16H21Cl2NO3/c17-12-4-5-14(13(18)8-12)22-9-15(21)19-10-16(11-20)6-2-1-3-7-16/h4-5,8,20H,1-3,6-7,9-11H2,(H,19,21). The van der Waals surface area contributed by atoms with Gasteiger partial charge in [0.15, 0.2) is 6.61 Å². The van der Waals surface area contributed by atoms with Gasteiger partial charge in [-0.2, -0.15) is 0 Å². The van der Waals surface area contributed by atoms with Crippen LogP contribution in [0.3, 0.4) is 0 Å². The number of carbonyl (C=O) groups is 1. The Morgan fingerprint density at radius 3 is 2.64 bits per heavy atom. The van der Waals surface area contributed by atoms with Crippen molar-refractivity contribution in [1.29, 1.82) is 0 Å². The summed E-state index contributed by atoms with van der Waals surface area (Å²) in [5, 5.41) is 13.4. The van der Waals surface area contributed by atoms with E-state index in [4.69, 9.17) is 27.9 Å². The van der Waals surface area contributed by atoms with Gasteiger partial charge in [-0.25, -0.2) is 0 Å². The van der Waals surface area contributed by atoms with Gasteiger partial charge in [-0.15, -0.1) is 0 Å². The van der Waals surface area contributed by atoms with Gasteiger partial charge >= 0.3 is 0 Å².